The largest absolute Gasteiger partial charge is 0.493 e. The van der Waals surface area contributed by atoms with Crippen molar-refractivity contribution in [3.05, 3.63) is 94.7 Å². The molecule has 5 nitrogen and oxygen atoms in total. The van der Waals surface area contributed by atoms with Crippen molar-refractivity contribution in [3.63, 3.8) is 0 Å². The monoisotopic (exact) mass is 449 g/mol. The summed E-state index contributed by atoms with van der Waals surface area (Å²) >= 11 is 5.93. The molecule has 0 aromatic heterocycles. The van der Waals surface area contributed by atoms with Gasteiger partial charge in [-0.05, 0) is 47.5 Å². The molecule has 0 spiro atoms. The average molecular weight is 450 g/mol. The van der Waals surface area contributed by atoms with Gasteiger partial charge in [-0.25, -0.2) is 0 Å². The number of allylic oxidation sites excluding steroid dienone is 1. The van der Waals surface area contributed by atoms with Gasteiger partial charge >= 0.3 is 0 Å². The number of nitrogens with one attached hydrogen (secondary N) is 1. The highest BCUT2D eigenvalue weighted by Crippen LogP contribution is 2.38. The van der Waals surface area contributed by atoms with Gasteiger partial charge in [0.25, 0.3) is 0 Å². The molecule has 0 aliphatic carbocycles. The molecule has 0 bridgehead atoms. The van der Waals surface area contributed by atoms with Crippen molar-refractivity contribution in [2.45, 2.75) is 0 Å². The molecule has 164 valence electrons. The van der Waals surface area contributed by atoms with Crippen LogP contribution in [0.2, 0.25) is 5.02 Å². The third-order valence-electron chi connectivity index (χ3n) is 4.66. The third kappa shape index (κ3) is 5.93. The minimum atomic E-state index is -0.120. The number of hydrogen-bond acceptors (Lipinski definition) is 5. The van der Waals surface area contributed by atoms with Crippen molar-refractivity contribution in [2.24, 2.45) is 0 Å². The summed E-state index contributed by atoms with van der Waals surface area (Å²) in [6.45, 7) is 0. The van der Waals surface area contributed by atoms with E-state index >= 15 is 0 Å². The highest BCUT2D eigenvalue weighted by molar-refractivity contribution is 6.31. The van der Waals surface area contributed by atoms with Crippen molar-refractivity contribution in [3.8, 4) is 17.2 Å². The summed E-state index contributed by atoms with van der Waals surface area (Å²) < 4.78 is 16.1. The van der Waals surface area contributed by atoms with Gasteiger partial charge in [-0.3, -0.25) is 4.79 Å². The number of carbonyl (C=O) groups excluding carboxylic acids is 1. The Labute approximate surface area is 192 Å². The quantitative estimate of drug-likeness (QED) is 0.234. The van der Waals surface area contributed by atoms with Crippen LogP contribution < -0.4 is 19.5 Å². The first-order valence-electron chi connectivity index (χ1n) is 9.85. The molecule has 0 unspecified atom stereocenters. The lowest BCUT2D eigenvalue weighted by Gasteiger charge is -2.12. The molecule has 0 saturated carbocycles. The number of methoxy groups -OCH3 is 3. The minimum Gasteiger partial charge on any atom is -0.493 e. The van der Waals surface area contributed by atoms with E-state index in [1.54, 1.807) is 51.8 Å². The van der Waals surface area contributed by atoms with Gasteiger partial charge in [0.15, 0.2) is 17.3 Å². The van der Waals surface area contributed by atoms with E-state index in [2.05, 4.69) is 5.32 Å². The van der Waals surface area contributed by atoms with Crippen LogP contribution in [0.4, 0.5) is 5.69 Å². The Morgan fingerprint density at radius 2 is 1.50 bits per heavy atom. The second-order valence-corrected chi connectivity index (χ2v) is 7.20. The Balaban J connectivity index is 1.64. The van der Waals surface area contributed by atoms with Crippen LogP contribution in [0.25, 0.3) is 12.2 Å². The van der Waals surface area contributed by atoms with Gasteiger partial charge in [0.05, 0.1) is 21.3 Å². The second kappa shape index (κ2) is 11.1. The van der Waals surface area contributed by atoms with Gasteiger partial charge in [0.1, 0.15) is 0 Å². The number of benzene rings is 3. The molecule has 1 N–H and O–H groups in total. The lowest BCUT2D eigenvalue weighted by atomic mass is 10.1. The maximum atomic E-state index is 12.2. The molecule has 32 heavy (non-hydrogen) atoms. The summed E-state index contributed by atoms with van der Waals surface area (Å²) in [7, 11) is 4.76. The molecule has 0 atom stereocenters. The van der Waals surface area contributed by atoms with Gasteiger partial charge in [0, 0.05) is 28.5 Å². The summed E-state index contributed by atoms with van der Waals surface area (Å²) in [5.41, 5.74) is 3.35. The Bertz CT molecular complexity index is 1110. The predicted octanol–water partition coefficient (Wildman–Crippen LogP) is 6.34. The molecule has 0 aliphatic rings. The van der Waals surface area contributed by atoms with Gasteiger partial charge in [0.2, 0.25) is 5.75 Å². The maximum absolute atomic E-state index is 12.2. The molecule has 0 amide bonds. The molecule has 0 fully saturated rings. The van der Waals surface area contributed by atoms with E-state index < -0.39 is 0 Å². The van der Waals surface area contributed by atoms with E-state index in [9.17, 15) is 4.79 Å². The molecule has 0 saturated heterocycles. The zero-order valence-electron chi connectivity index (χ0n) is 18.1. The highest BCUT2D eigenvalue weighted by Gasteiger charge is 2.11. The van der Waals surface area contributed by atoms with Gasteiger partial charge in [-0.2, -0.15) is 0 Å². The fourth-order valence-electron chi connectivity index (χ4n) is 3.03. The number of ether oxygens (including phenoxy) is 3. The molecular formula is C26H24ClNO4. The summed E-state index contributed by atoms with van der Waals surface area (Å²) in [6, 6.07) is 18.4. The smallest absolute Gasteiger partial charge is 0.203 e. The molecule has 3 rings (SSSR count). The number of halogens is 1. The maximum Gasteiger partial charge on any atom is 0.203 e. The topological polar surface area (TPSA) is 56.8 Å². The van der Waals surface area contributed by atoms with Crippen LogP contribution in [-0.4, -0.2) is 27.1 Å². The molecule has 3 aromatic carbocycles. The Kier molecular flexibility index (Phi) is 7.95. The second-order valence-electron chi connectivity index (χ2n) is 6.77. The molecule has 0 aliphatic heterocycles. The van der Waals surface area contributed by atoms with Crippen LogP contribution in [-0.2, 0) is 0 Å². The van der Waals surface area contributed by atoms with Crippen molar-refractivity contribution >= 4 is 35.2 Å². The zero-order valence-corrected chi connectivity index (χ0v) is 18.8. The summed E-state index contributed by atoms with van der Waals surface area (Å²) in [6.07, 6.45) is 7.05. The Morgan fingerprint density at radius 1 is 0.844 bits per heavy atom. The predicted molar refractivity (Wildman–Crippen MR) is 130 cm³/mol. The number of ketones is 1. The molecule has 0 heterocycles. The van der Waals surface area contributed by atoms with E-state index in [-0.39, 0.29) is 5.78 Å². The average Bonchev–Trinajstić information content (AvgIpc) is 2.82. The van der Waals surface area contributed by atoms with E-state index in [0.717, 1.165) is 16.8 Å². The van der Waals surface area contributed by atoms with Crippen LogP contribution in [0.5, 0.6) is 17.2 Å². The van der Waals surface area contributed by atoms with E-state index in [1.807, 2.05) is 48.6 Å². The van der Waals surface area contributed by atoms with Gasteiger partial charge in [-0.15, -0.1) is 0 Å². The number of carbonyl (C=O) groups is 1. The van der Waals surface area contributed by atoms with Crippen LogP contribution >= 0.6 is 11.6 Å². The van der Waals surface area contributed by atoms with Crippen molar-refractivity contribution < 1.29 is 19.0 Å². The highest BCUT2D eigenvalue weighted by atomic mass is 35.5. The third-order valence-corrected chi connectivity index (χ3v) is 4.89. The SMILES string of the molecule is COc1cc(/C=C\c2ccc(N/C=C\C(=O)c3cccc(Cl)c3)cc2)cc(OC)c1OC. The first-order valence-corrected chi connectivity index (χ1v) is 10.2. The molecule has 0 radical (unpaired) electrons. The minimum absolute atomic E-state index is 0.120. The van der Waals surface area contributed by atoms with E-state index in [0.29, 0.717) is 27.8 Å². The van der Waals surface area contributed by atoms with E-state index in [1.165, 1.54) is 6.08 Å². The lowest BCUT2D eigenvalue weighted by Crippen LogP contribution is -1.96. The normalized spacial score (nSPS) is 11.0. The lowest BCUT2D eigenvalue weighted by molar-refractivity contribution is 0.104. The van der Waals surface area contributed by atoms with Crippen LogP contribution in [0.3, 0.4) is 0 Å². The number of hydrogen-bond donors (Lipinski definition) is 1. The van der Waals surface area contributed by atoms with Crippen LogP contribution in [0.1, 0.15) is 21.5 Å². The fraction of sp³-hybridized carbons (Fsp3) is 0.115. The zero-order chi connectivity index (χ0) is 22.9. The first kappa shape index (κ1) is 23.0. The summed E-state index contributed by atoms with van der Waals surface area (Å²) in [5, 5.41) is 3.63. The molecular weight excluding hydrogens is 426 g/mol. The van der Waals surface area contributed by atoms with Gasteiger partial charge in [-0.1, -0.05) is 48.0 Å². The summed E-state index contributed by atoms with van der Waals surface area (Å²) in [4.78, 5) is 12.2. The number of rotatable bonds is 9. The Hall–Kier alpha value is -3.70. The number of anilines is 1. The fourth-order valence-corrected chi connectivity index (χ4v) is 3.22. The molecule has 3 aromatic rings. The Morgan fingerprint density at radius 3 is 2.09 bits per heavy atom. The van der Waals surface area contributed by atoms with Crippen molar-refractivity contribution in [2.75, 3.05) is 26.6 Å². The van der Waals surface area contributed by atoms with Gasteiger partial charge < -0.3 is 19.5 Å². The standard InChI is InChI=1S/C26H24ClNO4/c1-30-24-15-19(16-25(31-2)26(24)32-3)8-7-18-9-11-22(12-10-18)28-14-13-23(29)20-5-4-6-21(27)17-20/h4-17,28H,1-3H3/b8-7-,14-13-. The van der Waals surface area contributed by atoms with E-state index in [4.69, 9.17) is 25.8 Å². The van der Waals surface area contributed by atoms with Crippen molar-refractivity contribution in [1.29, 1.82) is 0 Å². The van der Waals surface area contributed by atoms with Crippen LogP contribution in [0.15, 0.2) is 72.9 Å². The van der Waals surface area contributed by atoms with Crippen LogP contribution in [0, 0.1) is 0 Å². The summed E-state index contributed by atoms with van der Waals surface area (Å²) in [5.74, 6) is 1.64. The van der Waals surface area contributed by atoms with Crippen molar-refractivity contribution in [1.82, 2.24) is 0 Å². The molecule has 6 heteroatoms. The first-order chi connectivity index (χ1) is 15.5.